The summed E-state index contributed by atoms with van der Waals surface area (Å²) in [5.74, 6) is 2.68. The summed E-state index contributed by atoms with van der Waals surface area (Å²) in [6.45, 7) is 9.04. The van der Waals surface area contributed by atoms with Gasteiger partial charge in [-0.2, -0.15) is 11.8 Å². The Bertz CT molecular complexity index is 334. The highest BCUT2D eigenvalue weighted by Gasteiger charge is 2.33. The molecule has 0 aliphatic carbocycles. The summed E-state index contributed by atoms with van der Waals surface area (Å²) in [4.78, 5) is 26.4. The normalized spacial score (nSPS) is 23.9. The first-order chi connectivity index (χ1) is 9.45. The second-order valence-electron chi connectivity index (χ2n) is 5.88. The molecule has 2 amide bonds. The van der Waals surface area contributed by atoms with E-state index in [0.29, 0.717) is 12.3 Å². The van der Waals surface area contributed by atoms with Gasteiger partial charge in [-0.25, -0.2) is 0 Å². The molecule has 1 heterocycles. The van der Waals surface area contributed by atoms with Crippen molar-refractivity contribution >= 4 is 23.6 Å². The lowest BCUT2D eigenvalue weighted by atomic mass is 10.0. The number of nitrogens with one attached hydrogen (secondary N) is 1. The maximum absolute atomic E-state index is 12.6. The largest absolute Gasteiger partial charge is 0.344 e. The van der Waals surface area contributed by atoms with Gasteiger partial charge in [0.1, 0.15) is 6.04 Å². The van der Waals surface area contributed by atoms with Crippen LogP contribution < -0.4 is 5.32 Å². The Balaban J connectivity index is 2.67. The van der Waals surface area contributed by atoms with Crippen LogP contribution in [0, 0.1) is 5.92 Å². The van der Waals surface area contributed by atoms with E-state index in [0.717, 1.165) is 30.9 Å². The highest BCUT2D eigenvalue weighted by Crippen LogP contribution is 2.17. The van der Waals surface area contributed by atoms with Crippen molar-refractivity contribution in [2.75, 3.05) is 18.1 Å². The zero-order chi connectivity index (χ0) is 15.1. The average molecular weight is 300 g/mol. The SMILES string of the molecule is CCSCCCN1C(=O)C(CC(C)C)NC(=O)CC1C. The van der Waals surface area contributed by atoms with Crippen LogP contribution in [0.15, 0.2) is 0 Å². The van der Waals surface area contributed by atoms with Gasteiger partial charge >= 0.3 is 0 Å². The van der Waals surface area contributed by atoms with E-state index >= 15 is 0 Å². The minimum absolute atomic E-state index is 0.00179. The van der Waals surface area contributed by atoms with Gasteiger partial charge in [0, 0.05) is 19.0 Å². The van der Waals surface area contributed by atoms with E-state index < -0.39 is 0 Å². The fraction of sp³-hybridized carbons (Fsp3) is 0.867. The molecular weight excluding hydrogens is 272 g/mol. The Labute approximate surface area is 127 Å². The van der Waals surface area contributed by atoms with Crippen molar-refractivity contribution in [1.29, 1.82) is 0 Å². The predicted molar refractivity (Wildman–Crippen MR) is 84.8 cm³/mol. The molecule has 2 atom stereocenters. The minimum atomic E-state index is -0.341. The van der Waals surface area contributed by atoms with Crippen LogP contribution in [0.3, 0.4) is 0 Å². The number of hydrogen-bond acceptors (Lipinski definition) is 3. The first-order valence-electron chi connectivity index (χ1n) is 7.63. The number of nitrogens with zero attached hydrogens (tertiary/aromatic N) is 1. The molecule has 0 spiro atoms. The van der Waals surface area contributed by atoms with Gasteiger partial charge in [0.15, 0.2) is 0 Å². The Morgan fingerprint density at radius 3 is 2.70 bits per heavy atom. The van der Waals surface area contributed by atoms with Crippen LogP contribution in [0.5, 0.6) is 0 Å². The Kier molecular flexibility index (Phi) is 7.41. The lowest BCUT2D eigenvalue weighted by Gasteiger charge is -2.29. The summed E-state index contributed by atoms with van der Waals surface area (Å²) in [6, 6.07) is -0.336. The van der Waals surface area contributed by atoms with Crippen LogP contribution >= 0.6 is 11.8 Å². The highest BCUT2D eigenvalue weighted by molar-refractivity contribution is 7.99. The molecule has 0 saturated carbocycles. The van der Waals surface area contributed by atoms with Crippen molar-refractivity contribution < 1.29 is 9.59 Å². The summed E-state index contributed by atoms with van der Waals surface area (Å²) in [5.41, 5.74) is 0. The predicted octanol–water partition coefficient (Wildman–Crippen LogP) is 2.28. The lowest BCUT2D eigenvalue weighted by molar-refractivity contribution is -0.135. The first kappa shape index (κ1) is 17.3. The maximum Gasteiger partial charge on any atom is 0.245 e. The molecule has 1 saturated heterocycles. The van der Waals surface area contributed by atoms with Gasteiger partial charge in [-0.3, -0.25) is 9.59 Å². The second-order valence-corrected chi connectivity index (χ2v) is 7.28. The number of rotatable bonds is 7. The summed E-state index contributed by atoms with van der Waals surface area (Å²) in [5, 5.41) is 2.89. The molecule has 1 fully saturated rings. The Morgan fingerprint density at radius 2 is 2.10 bits per heavy atom. The van der Waals surface area contributed by atoms with Gasteiger partial charge in [0.25, 0.3) is 0 Å². The minimum Gasteiger partial charge on any atom is -0.344 e. The van der Waals surface area contributed by atoms with E-state index in [1.165, 1.54) is 0 Å². The molecule has 0 aromatic carbocycles. The standard InChI is InChI=1S/C15H28N2O2S/c1-5-20-8-6-7-17-12(4)10-14(18)16-13(15(17)19)9-11(2)3/h11-13H,5-10H2,1-4H3,(H,16,18). The molecule has 5 heteroatoms. The zero-order valence-electron chi connectivity index (χ0n) is 13.1. The first-order valence-corrected chi connectivity index (χ1v) is 8.78. The molecule has 0 aromatic heterocycles. The third-order valence-electron chi connectivity index (χ3n) is 3.53. The lowest BCUT2D eigenvalue weighted by Crippen LogP contribution is -2.47. The van der Waals surface area contributed by atoms with Crippen LogP contribution in [0.4, 0.5) is 0 Å². The van der Waals surface area contributed by atoms with Crippen molar-refractivity contribution in [2.45, 2.75) is 59.0 Å². The van der Waals surface area contributed by atoms with Gasteiger partial charge in [0.05, 0.1) is 0 Å². The number of thioether (sulfide) groups is 1. The van der Waals surface area contributed by atoms with Gasteiger partial charge in [-0.15, -0.1) is 0 Å². The molecule has 20 heavy (non-hydrogen) atoms. The molecule has 0 bridgehead atoms. The molecule has 1 rings (SSSR count). The van der Waals surface area contributed by atoms with E-state index in [1.54, 1.807) is 0 Å². The molecule has 1 N–H and O–H groups in total. The number of carbonyl (C=O) groups excluding carboxylic acids is 2. The van der Waals surface area contributed by atoms with Gasteiger partial charge in [-0.05, 0) is 37.2 Å². The molecule has 1 aliphatic rings. The zero-order valence-corrected chi connectivity index (χ0v) is 14.0. The molecule has 0 radical (unpaired) electrons. The van der Waals surface area contributed by atoms with Gasteiger partial charge < -0.3 is 10.2 Å². The fourth-order valence-electron chi connectivity index (χ4n) is 2.55. The van der Waals surface area contributed by atoms with Crippen molar-refractivity contribution in [1.82, 2.24) is 10.2 Å². The Hall–Kier alpha value is -0.710. The summed E-state index contributed by atoms with van der Waals surface area (Å²) < 4.78 is 0. The van der Waals surface area contributed by atoms with E-state index in [4.69, 9.17) is 0 Å². The maximum atomic E-state index is 12.6. The van der Waals surface area contributed by atoms with Crippen molar-refractivity contribution in [3.05, 3.63) is 0 Å². The van der Waals surface area contributed by atoms with Gasteiger partial charge in [-0.1, -0.05) is 20.8 Å². The number of hydrogen-bond donors (Lipinski definition) is 1. The molecule has 1 aliphatic heterocycles. The number of carbonyl (C=O) groups is 2. The van der Waals surface area contributed by atoms with Crippen LogP contribution in [-0.4, -0.2) is 46.8 Å². The van der Waals surface area contributed by atoms with E-state index in [9.17, 15) is 9.59 Å². The third-order valence-corrected chi connectivity index (χ3v) is 4.51. The third kappa shape index (κ3) is 5.35. The highest BCUT2D eigenvalue weighted by atomic mass is 32.2. The summed E-state index contributed by atoms with van der Waals surface area (Å²) in [7, 11) is 0. The van der Waals surface area contributed by atoms with Crippen molar-refractivity contribution in [2.24, 2.45) is 5.92 Å². The van der Waals surface area contributed by atoms with Crippen LogP contribution in [0.1, 0.15) is 47.0 Å². The molecule has 2 unspecified atom stereocenters. The van der Waals surface area contributed by atoms with E-state index in [2.05, 4.69) is 26.1 Å². The second kappa shape index (κ2) is 8.55. The molecular formula is C15H28N2O2S. The van der Waals surface area contributed by atoms with Crippen LogP contribution in [-0.2, 0) is 9.59 Å². The quantitative estimate of drug-likeness (QED) is 0.734. The summed E-state index contributed by atoms with van der Waals surface area (Å²) in [6.07, 6.45) is 2.13. The number of amides is 2. The summed E-state index contributed by atoms with van der Waals surface area (Å²) >= 11 is 1.90. The monoisotopic (exact) mass is 300 g/mol. The van der Waals surface area contributed by atoms with E-state index in [-0.39, 0.29) is 23.9 Å². The Morgan fingerprint density at radius 1 is 1.40 bits per heavy atom. The van der Waals surface area contributed by atoms with Gasteiger partial charge in [0.2, 0.25) is 11.8 Å². The van der Waals surface area contributed by atoms with Crippen molar-refractivity contribution in [3.63, 3.8) is 0 Å². The molecule has 116 valence electrons. The van der Waals surface area contributed by atoms with Crippen molar-refractivity contribution in [3.8, 4) is 0 Å². The molecule has 4 nitrogen and oxygen atoms in total. The fourth-order valence-corrected chi connectivity index (χ4v) is 3.18. The average Bonchev–Trinajstić information content (AvgIpc) is 2.44. The van der Waals surface area contributed by atoms with Crippen LogP contribution in [0.2, 0.25) is 0 Å². The van der Waals surface area contributed by atoms with E-state index in [1.807, 2.05) is 23.6 Å². The molecule has 0 aromatic rings. The van der Waals surface area contributed by atoms with Crippen LogP contribution in [0.25, 0.3) is 0 Å². The topological polar surface area (TPSA) is 49.4 Å². The smallest absolute Gasteiger partial charge is 0.245 e.